The van der Waals surface area contributed by atoms with Gasteiger partial charge in [0.05, 0.1) is 12.2 Å². The molecule has 8 heteroatoms. The summed E-state index contributed by atoms with van der Waals surface area (Å²) in [7, 11) is 0. The van der Waals surface area contributed by atoms with Crippen molar-refractivity contribution in [2.45, 2.75) is 32.4 Å². The van der Waals surface area contributed by atoms with Gasteiger partial charge in [-0.1, -0.05) is 5.16 Å². The minimum Gasteiger partial charge on any atom is -0.361 e. The number of hydrogen-bond donors (Lipinski definition) is 0. The summed E-state index contributed by atoms with van der Waals surface area (Å²) in [6.07, 6.45) is 6.80. The topological polar surface area (TPSA) is 80.3 Å². The molecular weight excluding hydrogens is 380 g/mol. The lowest BCUT2D eigenvalue weighted by molar-refractivity contribution is 0.120. The largest absolute Gasteiger partial charge is 0.361 e. The highest BCUT2D eigenvalue weighted by Gasteiger charge is 2.24. The van der Waals surface area contributed by atoms with Crippen molar-refractivity contribution in [1.29, 1.82) is 0 Å². The van der Waals surface area contributed by atoms with Crippen molar-refractivity contribution in [2.24, 2.45) is 0 Å². The lowest BCUT2D eigenvalue weighted by atomic mass is 10.2. The second-order valence-corrected chi connectivity index (χ2v) is 8.02. The zero-order valence-electron chi connectivity index (χ0n) is 17.0. The molecule has 0 radical (unpaired) electrons. The van der Waals surface area contributed by atoms with Crippen molar-refractivity contribution in [3.8, 4) is 11.3 Å². The number of piperazine rings is 1. The molecule has 0 saturated carbocycles. The highest BCUT2D eigenvalue weighted by molar-refractivity contribution is 5.56. The Bertz CT molecular complexity index is 1050. The Hall–Kier alpha value is -2.84. The summed E-state index contributed by atoms with van der Waals surface area (Å²) in [5.41, 5.74) is 4.16. The van der Waals surface area contributed by atoms with E-state index >= 15 is 0 Å². The average Bonchev–Trinajstić information content (AvgIpc) is 3.40. The SMILES string of the molecule is O=c1ccc(-c2ccncc2)nn1CCN1CCN(Cc2noc3c2CCC3)CC1. The van der Waals surface area contributed by atoms with Crippen molar-refractivity contribution < 1.29 is 4.52 Å². The van der Waals surface area contributed by atoms with Crippen LogP contribution in [0.4, 0.5) is 0 Å². The van der Waals surface area contributed by atoms with E-state index in [2.05, 4.69) is 25.0 Å². The first-order chi connectivity index (χ1) is 14.8. The third-order valence-electron chi connectivity index (χ3n) is 6.09. The Morgan fingerprint density at radius 2 is 1.73 bits per heavy atom. The molecule has 0 aromatic carbocycles. The van der Waals surface area contributed by atoms with E-state index in [-0.39, 0.29) is 5.56 Å². The van der Waals surface area contributed by atoms with Crippen LogP contribution in [0, 0.1) is 0 Å². The monoisotopic (exact) mass is 406 g/mol. The van der Waals surface area contributed by atoms with Gasteiger partial charge in [-0.25, -0.2) is 4.68 Å². The molecule has 5 rings (SSSR count). The van der Waals surface area contributed by atoms with Crippen molar-refractivity contribution in [3.63, 3.8) is 0 Å². The fraction of sp³-hybridized carbons (Fsp3) is 0.455. The molecular formula is C22H26N6O2. The first-order valence-corrected chi connectivity index (χ1v) is 10.7. The lowest BCUT2D eigenvalue weighted by Crippen LogP contribution is -2.47. The minimum atomic E-state index is -0.0636. The molecule has 3 aromatic rings. The number of hydrogen-bond acceptors (Lipinski definition) is 7. The zero-order chi connectivity index (χ0) is 20.3. The van der Waals surface area contributed by atoms with Gasteiger partial charge in [-0.15, -0.1) is 0 Å². The summed E-state index contributed by atoms with van der Waals surface area (Å²) in [5.74, 6) is 1.09. The summed E-state index contributed by atoms with van der Waals surface area (Å²) in [6.45, 7) is 6.26. The first kappa shape index (κ1) is 19.1. The molecule has 1 fully saturated rings. The first-order valence-electron chi connectivity index (χ1n) is 10.7. The molecule has 1 saturated heterocycles. The van der Waals surface area contributed by atoms with Gasteiger partial charge in [0.2, 0.25) is 0 Å². The molecule has 3 aromatic heterocycles. The smallest absolute Gasteiger partial charge is 0.266 e. The van der Waals surface area contributed by atoms with Crippen LogP contribution in [0.3, 0.4) is 0 Å². The summed E-state index contributed by atoms with van der Waals surface area (Å²) in [5, 5.41) is 8.84. The van der Waals surface area contributed by atoms with Crippen LogP contribution in [0.15, 0.2) is 46.0 Å². The zero-order valence-corrected chi connectivity index (χ0v) is 17.0. The standard InChI is InChI=1S/C22H26N6O2/c29-22-5-4-19(17-6-8-23-9-7-17)24-28(22)15-14-26-10-12-27(13-11-26)16-20-18-2-1-3-21(18)30-25-20/h4-9H,1-3,10-16H2. The van der Waals surface area contributed by atoms with Crippen molar-refractivity contribution in [1.82, 2.24) is 29.7 Å². The van der Waals surface area contributed by atoms with Crippen LogP contribution in [-0.2, 0) is 25.9 Å². The highest BCUT2D eigenvalue weighted by Crippen LogP contribution is 2.26. The maximum atomic E-state index is 12.2. The van der Waals surface area contributed by atoms with Crippen LogP contribution in [0.5, 0.6) is 0 Å². The van der Waals surface area contributed by atoms with Crippen LogP contribution in [-0.4, -0.2) is 62.4 Å². The van der Waals surface area contributed by atoms with Crippen molar-refractivity contribution >= 4 is 0 Å². The fourth-order valence-electron chi connectivity index (χ4n) is 4.32. The van der Waals surface area contributed by atoms with E-state index < -0.39 is 0 Å². The Labute approximate surface area is 175 Å². The minimum absolute atomic E-state index is 0.0636. The van der Waals surface area contributed by atoms with Crippen LogP contribution in [0.1, 0.15) is 23.4 Å². The molecule has 156 valence electrons. The van der Waals surface area contributed by atoms with Crippen LogP contribution in [0.2, 0.25) is 0 Å². The van der Waals surface area contributed by atoms with E-state index in [0.29, 0.717) is 6.54 Å². The molecule has 30 heavy (non-hydrogen) atoms. The molecule has 8 nitrogen and oxygen atoms in total. The number of pyridine rings is 1. The van der Waals surface area contributed by atoms with Gasteiger partial charge in [-0.2, -0.15) is 5.10 Å². The Kier molecular flexibility index (Phi) is 5.42. The Morgan fingerprint density at radius 3 is 2.57 bits per heavy atom. The third kappa shape index (κ3) is 4.06. The van der Waals surface area contributed by atoms with Gasteiger partial charge in [0.25, 0.3) is 5.56 Å². The van der Waals surface area contributed by atoms with Gasteiger partial charge in [0, 0.05) is 75.3 Å². The number of aromatic nitrogens is 4. The quantitative estimate of drug-likeness (QED) is 0.615. The summed E-state index contributed by atoms with van der Waals surface area (Å²) < 4.78 is 7.05. The van der Waals surface area contributed by atoms with E-state index in [1.807, 2.05) is 12.1 Å². The molecule has 0 atom stereocenters. The fourth-order valence-corrected chi connectivity index (χ4v) is 4.32. The summed E-state index contributed by atoms with van der Waals surface area (Å²) in [6, 6.07) is 7.17. The molecule has 0 unspecified atom stereocenters. The van der Waals surface area contributed by atoms with E-state index in [1.165, 1.54) is 12.0 Å². The maximum absolute atomic E-state index is 12.2. The summed E-state index contributed by atoms with van der Waals surface area (Å²) >= 11 is 0. The third-order valence-corrected chi connectivity index (χ3v) is 6.09. The molecule has 1 aliphatic carbocycles. The van der Waals surface area contributed by atoms with Crippen LogP contribution >= 0.6 is 0 Å². The second kappa shape index (κ2) is 8.49. The molecule has 1 aliphatic heterocycles. The molecule has 0 bridgehead atoms. The number of nitrogens with zero attached hydrogens (tertiary/aromatic N) is 6. The van der Waals surface area contributed by atoms with Gasteiger partial charge in [0.1, 0.15) is 11.5 Å². The van der Waals surface area contributed by atoms with Gasteiger partial charge in [0.15, 0.2) is 0 Å². The molecule has 0 N–H and O–H groups in total. The van der Waals surface area contributed by atoms with Gasteiger partial charge < -0.3 is 4.52 Å². The molecule has 2 aliphatic rings. The van der Waals surface area contributed by atoms with Crippen molar-refractivity contribution in [3.05, 3.63) is 64.0 Å². The maximum Gasteiger partial charge on any atom is 0.266 e. The highest BCUT2D eigenvalue weighted by atomic mass is 16.5. The normalized spacial score (nSPS) is 17.3. The molecule has 4 heterocycles. The summed E-state index contributed by atoms with van der Waals surface area (Å²) in [4.78, 5) is 21.1. The average molecular weight is 406 g/mol. The van der Waals surface area contributed by atoms with Gasteiger partial charge in [-0.3, -0.25) is 19.6 Å². The van der Waals surface area contributed by atoms with E-state index in [4.69, 9.17) is 4.52 Å². The van der Waals surface area contributed by atoms with Crippen LogP contribution < -0.4 is 5.56 Å². The van der Waals surface area contributed by atoms with Gasteiger partial charge >= 0.3 is 0 Å². The Balaban J connectivity index is 1.15. The van der Waals surface area contributed by atoms with Crippen molar-refractivity contribution in [2.75, 3.05) is 32.7 Å². The van der Waals surface area contributed by atoms with E-state index in [1.54, 1.807) is 29.2 Å². The Morgan fingerprint density at radius 1 is 0.933 bits per heavy atom. The molecule has 0 spiro atoms. The number of rotatable bonds is 6. The number of fused-ring (bicyclic) bond motifs is 1. The van der Waals surface area contributed by atoms with Gasteiger partial charge in [-0.05, 0) is 31.0 Å². The second-order valence-electron chi connectivity index (χ2n) is 8.02. The van der Waals surface area contributed by atoms with E-state index in [9.17, 15) is 4.79 Å². The number of aryl methyl sites for hydroxylation is 1. The molecule has 0 amide bonds. The predicted octanol–water partition coefficient (Wildman–Crippen LogP) is 1.60. The lowest BCUT2D eigenvalue weighted by Gasteiger charge is -2.34. The predicted molar refractivity (Wildman–Crippen MR) is 112 cm³/mol. The van der Waals surface area contributed by atoms with E-state index in [0.717, 1.165) is 74.8 Å². The van der Waals surface area contributed by atoms with Crippen LogP contribution in [0.25, 0.3) is 11.3 Å².